The summed E-state index contributed by atoms with van der Waals surface area (Å²) in [7, 11) is 0. The average molecular weight is 267 g/mol. The van der Waals surface area contributed by atoms with Crippen LogP contribution in [0.25, 0.3) is 0 Å². The Labute approximate surface area is 120 Å². The number of hydrogen-bond acceptors (Lipinski definition) is 3. The molecule has 0 aliphatic carbocycles. The van der Waals surface area contributed by atoms with Gasteiger partial charge >= 0.3 is 0 Å². The Hall–Kier alpha value is -1.87. The van der Waals surface area contributed by atoms with Crippen molar-refractivity contribution < 1.29 is 0 Å². The number of pyridine rings is 1. The van der Waals surface area contributed by atoms with Gasteiger partial charge in [-0.2, -0.15) is 0 Å². The van der Waals surface area contributed by atoms with Gasteiger partial charge < -0.3 is 10.6 Å². The first kappa shape index (κ1) is 13.1. The second kappa shape index (κ2) is 5.25. The summed E-state index contributed by atoms with van der Waals surface area (Å²) in [5.74, 6) is 0.651. The summed E-state index contributed by atoms with van der Waals surface area (Å²) < 4.78 is 0. The number of aromatic nitrogens is 1. The Kier molecular flexibility index (Phi) is 3.45. The van der Waals surface area contributed by atoms with Crippen molar-refractivity contribution in [1.29, 1.82) is 0 Å². The lowest BCUT2D eigenvalue weighted by atomic mass is 9.93. The Balaban J connectivity index is 1.97. The van der Waals surface area contributed by atoms with Gasteiger partial charge in [-0.15, -0.1) is 0 Å². The van der Waals surface area contributed by atoms with Gasteiger partial charge in [-0.05, 0) is 43.0 Å². The Bertz CT molecular complexity index is 589. The number of hydrogen-bond donors (Lipinski definition) is 1. The number of nitrogens with zero attached hydrogens (tertiary/aromatic N) is 2. The molecule has 3 rings (SSSR count). The Morgan fingerprint density at radius 2 is 2.05 bits per heavy atom. The zero-order chi connectivity index (χ0) is 14.1. The molecule has 1 aromatic carbocycles. The number of para-hydroxylation sites is 1. The maximum atomic E-state index is 5.86. The fraction of sp³-hybridized carbons (Fsp3) is 0.353. The van der Waals surface area contributed by atoms with Gasteiger partial charge in [0.2, 0.25) is 0 Å². The molecule has 104 valence electrons. The van der Waals surface area contributed by atoms with Crippen molar-refractivity contribution in [2.45, 2.75) is 26.3 Å². The number of benzene rings is 1. The predicted octanol–water partition coefficient (Wildman–Crippen LogP) is 3.43. The molecule has 2 atom stereocenters. The van der Waals surface area contributed by atoms with Crippen LogP contribution in [0.1, 0.15) is 31.1 Å². The highest BCUT2D eigenvalue weighted by atomic mass is 15.2. The smallest absolute Gasteiger partial charge is 0.0597 e. The Morgan fingerprint density at radius 3 is 2.75 bits per heavy atom. The molecule has 1 aliphatic rings. The fourth-order valence-corrected chi connectivity index (χ4v) is 2.87. The number of rotatable bonds is 2. The molecule has 0 fully saturated rings. The SMILES string of the molecule is CC1Cc2ccccc2N(c2ccc([C@@H](C)N)nc2)C1. The standard InChI is InChI=1S/C17H21N3/c1-12-9-14-5-3-4-6-17(14)20(11-12)15-7-8-16(13(2)18)19-10-15/h3-8,10,12-13H,9,11,18H2,1-2H3/t12?,13-/m1/s1. The van der Waals surface area contributed by atoms with Crippen molar-refractivity contribution in [2.24, 2.45) is 11.7 Å². The minimum Gasteiger partial charge on any atom is -0.340 e. The maximum Gasteiger partial charge on any atom is 0.0597 e. The molecule has 3 heteroatoms. The molecule has 0 saturated carbocycles. The van der Waals surface area contributed by atoms with Crippen LogP contribution in [-0.4, -0.2) is 11.5 Å². The highest BCUT2D eigenvalue weighted by Crippen LogP contribution is 2.34. The first-order chi connectivity index (χ1) is 9.65. The second-order valence-corrected chi connectivity index (χ2v) is 5.78. The van der Waals surface area contributed by atoms with Crippen molar-refractivity contribution in [3.05, 3.63) is 53.9 Å². The predicted molar refractivity (Wildman–Crippen MR) is 83.2 cm³/mol. The summed E-state index contributed by atoms with van der Waals surface area (Å²) in [6.07, 6.45) is 3.09. The summed E-state index contributed by atoms with van der Waals surface area (Å²) in [5.41, 5.74) is 10.7. The minimum absolute atomic E-state index is 0.0170. The van der Waals surface area contributed by atoms with Crippen LogP contribution in [-0.2, 0) is 6.42 Å². The molecule has 0 radical (unpaired) electrons. The van der Waals surface area contributed by atoms with E-state index in [1.807, 2.05) is 19.2 Å². The van der Waals surface area contributed by atoms with Crippen LogP contribution in [0.3, 0.4) is 0 Å². The van der Waals surface area contributed by atoms with Gasteiger partial charge in [0, 0.05) is 18.3 Å². The molecule has 0 bridgehead atoms. The lowest BCUT2D eigenvalue weighted by molar-refractivity contribution is 0.562. The van der Waals surface area contributed by atoms with Crippen LogP contribution in [0.5, 0.6) is 0 Å². The average Bonchev–Trinajstić information content (AvgIpc) is 2.46. The normalized spacial score (nSPS) is 19.6. The highest BCUT2D eigenvalue weighted by molar-refractivity contribution is 5.67. The number of fused-ring (bicyclic) bond motifs is 1. The molecule has 0 amide bonds. The first-order valence-corrected chi connectivity index (χ1v) is 7.22. The lowest BCUT2D eigenvalue weighted by Crippen LogP contribution is -2.30. The van der Waals surface area contributed by atoms with Crippen molar-refractivity contribution in [2.75, 3.05) is 11.4 Å². The van der Waals surface area contributed by atoms with Crippen LogP contribution >= 0.6 is 0 Å². The summed E-state index contributed by atoms with van der Waals surface area (Å²) in [6.45, 7) is 5.29. The van der Waals surface area contributed by atoms with Crippen LogP contribution in [0.2, 0.25) is 0 Å². The molecule has 1 unspecified atom stereocenters. The second-order valence-electron chi connectivity index (χ2n) is 5.78. The largest absolute Gasteiger partial charge is 0.340 e. The van der Waals surface area contributed by atoms with Crippen LogP contribution in [0.4, 0.5) is 11.4 Å². The van der Waals surface area contributed by atoms with Crippen LogP contribution in [0, 0.1) is 5.92 Å². The molecule has 2 heterocycles. The van der Waals surface area contributed by atoms with Gasteiger partial charge in [0.25, 0.3) is 0 Å². The fourth-order valence-electron chi connectivity index (χ4n) is 2.87. The monoisotopic (exact) mass is 267 g/mol. The molecule has 0 spiro atoms. The van der Waals surface area contributed by atoms with E-state index in [4.69, 9.17) is 5.73 Å². The van der Waals surface area contributed by atoms with Gasteiger partial charge in [-0.25, -0.2) is 0 Å². The molecular formula is C17H21N3. The molecule has 1 aliphatic heterocycles. The summed E-state index contributed by atoms with van der Waals surface area (Å²) >= 11 is 0. The summed E-state index contributed by atoms with van der Waals surface area (Å²) in [4.78, 5) is 6.85. The van der Waals surface area contributed by atoms with Gasteiger partial charge in [-0.1, -0.05) is 25.1 Å². The van der Waals surface area contributed by atoms with Crippen molar-refractivity contribution in [1.82, 2.24) is 4.98 Å². The third-order valence-electron chi connectivity index (χ3n) is 3.89. The number of anilines is 2. The van der Waals surface area contributed by atoms with E-state index < -0.39 is 0 Å². The van der Waals surface area contributed by atoms with E-state index in [2.05, 4.69) is 47.1 Å². The molecule has 2 N–H and O–H groups in total. The quantitative estimate of drug-likeness (QED) is 0.906. The lowest BCUT2D eigenvalue weighted by Gasteiger charge is -2.34. The van der Waals surface area contributed by atoms with E-state index in [1.54, 1.807) is 0 Å². The third-order valence-corrected chi connectivity index (χ3v) is 3.89. The van der Waals surface area contributed by atoms with E-state index in [0.717, 1.165) is 24.3 Å². The summed E-state index contributed by atoms with van der Waals surface area (Å²) in [5, 5.41) is 0. The van der Waals surface area contributed by atoms with Crippen molar-refractivity contribution in [3.63, 3.8) is 0 Å². The first-order valence-electron chi connectivity index (χ1n) is 7.22. The van der Waals surface area contributed by atoms with E-state index >= 15 is 0 Å². The van der Waals surface area contributed by atoms with Gasteiger partial charge in [-0.3, -0.25) is 4.98 Å². The van der Waals surface area contributed by atoms with Gasteiger partial charge in [0.05, 0.1) is 17.6 Å². The van der Waals surface area contributed by atoms with Crippen LogP contribution in [0.15, 0.2) is 42.6 Å². The zero-order valence-electron chi connectivity index (χ0n) is 12.1. The third kappa shape index (κ3) is 2.41. The topological polar surface area (TPSA) is 42.1 Å². The molecule has 0 saturated heterocycles. The van der Waals surface area contributed by atoms with E-state index in [1.165, 1.54) is 11.3 Å². The van der Waals surface area contributed by atoms with Crippen LogP contribution < -0.4 is 10.6 Å². The highest BCUT2D eigenvalue weighted by Gasteiger charge is 2.22. The maximum absolute atomic E-state index is 5.86. The van der Waals surface area contributed by atoms with E-state index in [-0.39, 0.29) is 6.04 Å². The van der Waals surface area contributed by atoms with E-state index in [9.17, 15) is 0 Å². The van der Waals surface area contributed by atoms with Gasteiger partial charge in [0.15, 0.2) is 0 Å². The molecule has 20 heavy (non-hydrogen) atoms. The number of nitrogens with two attached hydrogens (primary N) is 1. The van der Waals surface area contributed by atoms with Crippen molar-refractivity contribution >= 4 is 11.4 Å². The molecular weight excluding hydrogens is 246 g/mol. The van der Waals surface area contributed by atoms with Crippen molar-refractivity contribution in [3.8, 4) is 0 Å². The molecule has 2 aromatic rings. The Morgan fingerprint density at radius 1 is 1.25 bits per heavy atom. The van der Waals surface area contributed by atoms with Gasteiger partial charge in [0.1, 0.15) is 0 Å². The molecule has 1 aromatic heterocycles. The van der Waals surface area contributed by atoms with E-state index in [0.29, 0.717) is 5.92 Å². The zero-order valence-corrected chi connectivity index (χ0v) is 12.1. The minimum atomic E-state index is -0.0170. The summed E-state index contributed by atoms with van der Waals surface area (Å²) in [6, 6.07) is 12.8. The molecule has 3 nitrogen and oxygen atoms in total.